The van der Waals surface area contributed by atoms with E-state index in [2.05, 4.69) is 5.10 Å². The SMILES string of the molecule is Oc1ccccc1-n1ncc(OC2CCCCC2)c1Cl. The summed E-state index contributed by atoms with van der Waals surface area (Å²) in [6.07, 6.45) is 7.67. The summed E-state index contributed by atoms with van der Waals surface area (Å²) in [5.41, 5.74) is 0.552. The average molecular weight is 293 g/mol. The van der Waals surface area contributed by atoms with Gasteiger partial charge >= 0.3 is 0 Å². The van der Waals surface area contributed by atoms with Crippen LogP contribution < -0.4 is 4.74 Å². The lowest BCUT2D eigenvalue weighted by atomic mass is 9.98. The molecular formula is C15H17ClN2O2. The molecule has 1 saturated carbocycles. The molecule has 4 nitrogen and oxygen atoms in total. The van der Waals surface area contributed by atoms with Crippen LogP contribution >= 0.6 is 11.6 Å². The quantitative estimate of drug-likeness (QED) is 0.932. The minimum atomic E-state index is 0.140. The highest BCUT2D eigenvalue weighted by Crippen LogP contribution is 2.32. The topological polar surface area (TPSA) is 47.3 Å². The van der Waals surface area contributed by atoms with E-state index < -0.39 is 0 Å². The van der Waals surface area contributed by atoms with E-state index in [-0.39, 0.29) is 11.9 Å². The maximum Gasteiger partial charge on any atom is 0.177 e. The Hall–Kier alpha value is -1.68. The maximum atomic E-state index is 9.86. The van der Waals surface area contributed by atoms with Crippen molar-refractivity contribution in [2.45, 2.75) is 38.2 Å². The zero-order valence-corrected chi connectivity index (χ0v) is 11.9. The van der Waals surface area contributed by atoms with Crippen LogP contribution in [0.3, 0.4) is 0 Å². The van der Waals surface area contributed by atoms with Gasteiger partial charge in [-0.2, -0.15) is 5.10 Å². The third-order valence-corrected chi connectivity index (χ3v) is 3.98. The molecular weight excluding hydrogens is 276 g/mol. The molecule has 0 bridgehead atoms. The summed E-state index contributed by atoms with van der Waals surface area (Å²) < 4.78 is 7.43. The van der Waals surface area contributed by atoms with Gasteiger partial charge in [-0.15, -0.1) is 0 Å². The van der Waals surface area contributed by atoms with Crippen LogP contribution in [0.4, 0.5) is 0 Å². The Morgan fingerprint density at radius 3 is 2.70 bits per heavy atom. The molecule has 1 aromatic carbocycles. The lowest BCUT2D eigenvalue weighted by Crippen LogP contribution is -2.19. The zero-order valence-electron chi connectivity index (χ0n) is 11.1. The number of para-hydroxylation sites is 2. The fourth-order valence-corrected chi connectivity index (χ4v) is 2.80. The van der Waals surface area contributed by atoms with Gasteiger partial charge in [-0.1, -0.05) is 30.2 Å². The van der Waals surface area contributed by atoms with Crippen LogP contribution in [0.1, 0.15) is 32.1 Å². The van der Waals surface area contributed by atoms with Crippen molar-refractivity contribution in [2.75, 3.05) is 0 Å². The largest absolute Gasteiger partial charge is 0.506 e. The minimum absolute atomic E-state index is 0.140. The molecule has 1 aromatic heterocycles. The van der Waals surface area contributed by atoms with E-state index in [9.17, 15) is 5.11 Å². The highest BCUT2D eigenvalue weighted by Gasteiger charge is 2.19. The highest BCUT2D eigenvalue weighted by atomic mass is 35.5. The predicted molar refractivity (Wildman–Crippen MR) is 77.7 cm³/mol. The van der Waals surface area contributed by atoms with Gasteiger partial charge < -0.3 is 9.84 Å². The molecule has 1 N–H and O–H groups in total. The number of nitrogens with zero attached hydrogens (tertiary/aromatic N) is 2. The van der Waals surface area contributed by atoms with Crippen molar-refractivity contribution in [3.63, 3.8) is 0 Å². The fourth-order valence-electron chi connectivity index (χ4n) is 2.57. The van der Waals surface area contributed by atoms with Gasteiger partial charge in [0.15, 0.2) is 10.9 Å². The molecule has 3 rings (SSSR count). The van der Waals surface area contributed by atoms with Crippen LogP contribution in [0.2, 0.25) is 5.15 Å². The Kier molecular flexibility index (Phi) is 3.83. The number of hydrogen-bond acceptors (Lipinski definition) is 3. The second kappa shape index (κ2) is 5.75. The zero-order chi connectivity index (χ0) is 13.9. The third kappa shape index (κ3) is 2.61. The molecule has 0 aliphatic heterocycles. The van der Waals surface area contributed by atoms with Crippen molar-refractivity contribution in [2.24, 2.45) is 0 Å². The number of benzene rings is 1. The normalized spacial score (nSPS) is 16.2. The molecule has 106 valence electrons. The number of hydrogen-bond donors (Lipinski definition) is 1. The number of aromatic hydroxyl groups is 1. The molecule has 2 aromatic rings. The lowest BCUT2D eigenvalue weighted by molar-refractivity contribution is 0.155. The standard InChI is InChI=1S/C15H17ClN2O2/c16-15-14(20-11-6-2-1-3-7-11)10-17-18(15)12-8-4-5-9-13(12)19/h4-5,8-11,19H,1-3,6-7H2. The van der Waals surface area contributed by atoms with Crippen LogP contribution in [-0.2, 0) is 0 Å². The number of ether oxygens (including phenoxy) is 1. The van der Waals surface area contributed by atoms with Gasteiger partial charge in [-0.05, 0) is 37.8 Å². The van der Waals surface area contributed by atoms with Gasteiger partial charge in [0.1, 0.15) is 11.4 Å². The Morgan fingerprint density at radius 2 is 1.95 bits per heavy atom. The molecule has 0 spiro atoms. The van der Waals surface area contributed by atoms with Crippen LogP contribution in [0.5, 0.6) is 11.5 Å². The van der Waals surface area contributed by atoms with Gasteiger partial charge in [0.25, 0.3) is 0 Å². The van der Waals surface area contributed by atoms with Gasteiger partial charge in [-0.3, -0.25) is 0 Å². The number of aromatic nitrogens is 2. The van der Waals surface area contributed by atoms with E-state index in [0.29, 0.717) is 16.6 Å². The summed E-state index contributed by atoms with van der Waals surface area (Å²) in [6.45, 7) is 0. The van der Waals surface area contributed by atoms with E-state index in [1.807, 2.05) is 6.07 Å². The Morgan fingerprint density at radius 1 is 1.20 bits per heavy atom. The van der Waals surface area contributed by atoms with Crippen molar-refractivity contribution in [3.05, 3.63) is 35.6 Å². The van der Waals surface area contributed by atoms with E-state index >= 15 is 0 Å². The third-order valence-electron chi connectivity index (χ3n) is 3.64. The summed E-state index contributed by atoms with van der Waals surface area (Å²) in [5.74, 6) is 0.725. The first-order valence-electron chi connectivity index (χ1n) is 6.94. The van der Waals surface area contributed by atoms with E-state index in [0.717, 1.165) is 12.8 Å². The predicted octanol–water partition coefficient (Wildman–Crippen LogP) is 3.94. The molecule has 0 amide bonds. The molecule has 0 radical (unpaired) electrons. The average Bonchev–Trinajstić information content (AvgIpc) is 2.82. The summed E-state index contributed by atoms with van der Waals surface area (Å²) in [5, 5.41) is 14.5. The van der Waals surface area contributed by atoms with Gasteiger partial charge in [0.05, 0.1) is 12.3 Å². The summed E-state index contributed by atoms with van der Waals surface area (Å²) in [4.78, 5) is 0. The molecule has 1 aliphatic rings. The molecule has 20 heavy (non-hydrogen) atoms. The Bertz CT molecular complexity index is 591. The molecule has 0 atom stereocenters. The Balaban J connectivity index is 1.83. The second-order valence-corrected chi connectivity index (χ2v) is 5.44. The first-order valence-corrected chi connectivity index (χ1v) is 7.32. The minimum Gasteiger partial charge on any atom is -0.506 e. The fraction of sp³-hybridized carbons (Fsp3) is 0.400. The number of phenols is 1. The van der Waals surface area contributed by atoms with E-state index in [1.165, 1.54) is 23.9 Å². The molecule has 0 unspecified atom stereocenters. The number of rotatable bonds is 3. The lowest BCUT2D eigenvalue weighted by Gasteiger charge is -2.22. The summed E-state index contributed by atoms with van der Waals surface area (Å²) in [7, 11) is 0. The van der Waals surface area contributed by atoms with Gasteiger partial charge in [0.2, 0.25) is 0 Å². The number of halogens is 1. The van der Waals surface area contributed by atoms with Crippen molar-refractivity contribution in [1.29, 1.82) is 0 Å². The van der Waals surface area contributed by atoms with Crippen LogP contribution in [-0.4, -0.2) is 21.0 Å². The van der Waals surface area contributed by atoms with Gasteiger partial charge in [-0.25, -0.2) is 4.68 Å². The van der Waals surface area contributed by atoms with E-state index in [1.54, 1.807) is 24.4 Å². The maximum absolute atomic E-state index is 9.86. The molecule has 5 heteroatoms. The number of phenolic OH excluding ortho intramolecular Hbond substituents is 1. The first kappa shape index (κ1) is 13.3. The van der Waals surface area contributed by atoms with Crippen molar-refractivity contribution < 1.29 is 9.84 Å². The monoisotopic (exact) mass is 292 g/mol. The van der Waals surface area contributed by atoms with Crippen LogP contribution in [0.25, 0.3) is 5.69 Å². The van der Waals surface area contributed by atoms with Gasteiger partial charge in [0, 0.05) is 0 Å². The summed E-state index contributed by atoms with van der Waals surface area (Å²) in [6, 6.07) is 6.96. The first-order chi connectivity index (χ1) is 9.75. The van der Waals surface area contributed by atoms with Crippen molar-refractivity contribution in [1.82, 2.24) is 9.78 Å². The second-order valence-electron chi connectivity index (χ2n) is 5.08. The van der Waals surface area contributed by atoms with E-state index in [4.69, 9.17) is 16.3 Å². The Labute approximate surface area is 122 Å². The molecule has 1 heterocycles. The molecule has 1 fully saturated rings. The van der Waals surface area contributed by atoms with Crippen molar-refractivity contribution in [3.8, 4) is 17.2 Å². The van der Waals surface area contributed by atoms with Crippen LogP contribution in [0, 0.1) is 0 Å². The van der Waals surface area contributed by atoms with Crippen LogP contribution in [0.15, 0.2) is 30.5 Å². The van der Waals surface area contributed by atoms with Crippen molar-refractivity contribution >= 4 is 11.6 Å². The highest BCUT2D eigenvalue weighted by molar-refractivity contribution is 6.31. The molecule has 0 saturated heterocycles. The smallest absolute Gasteiger partial charge is 0.177 e. The molecule has 1 aliphatic carbocycles. The summed E-state index contributed by atoms with van der Waals surface area (Å²) >= 11 is 6.31.